The maximum absolute atomic E-state index is 11.3. The minimum atomic E-state index is -0.205. The van der Waals surface area contributed by atoms with E-state index in [1.165, 1.54) is 12.7 Å². The minimum absolute atomic E-state index is 0. The molecule has 0 radical (unpaired) electrons. The molecular formula is C11H13BrClNO2. The highest BCUT2D eigenvalue weighted by Crippen LogP contribution is 2.27. The first-order valence-corrected chi connectivity index (χ1v) is 5.63. The first kappa shape index (κ1) is 13.3. The third-order valence-corrected chi connectivity index (χ3v) is 3.08. The molecule has 1 N–H and O–H groups in total. The molecule has 0 saturated heterocycles. The van der Waals surface area contributed by atoms with Gasteiger partial charge < -0.3 is 10.1 Å². The summed E-state index contributed by atoms with van der Waals surface area (Å²) in [5, 5.41) is 3.18. The highest BCUT2D eigenvalue weighted by atomic mass is 79.9. The molecule has 0 saturated carbocycles. The Bertz CT molecular complexity index is 398. The van der Waals surface area contributed by atoms with Crippen molar-refractivity contribution >= 4 is 40.0 Å². The van der Waals surface area contributed by atoms with Gasteiger partial charge >= 0.3 is 5.97 Å². The Labute approximate surface area is 109 Å². The largest absolute Gasteiger partial charge is 0.467 e. The number of halogens is 2. The van der Waals surface area contributed by atoms with Gasteiger partial charge in [0.15, 0.2) is 0 Å². The van der Waals surface area contributed by atoms with Gasteiger partial charge in [0, 0.05) is 10.2 Å². The molecule has 88 valence electrons. The van der Waals surface area contributed by atoms with Gasteiger partial charge in [-0.25, -0.2) is 4.79 Å². The molecule has 2 rings (SSSR count). The zero-order valence-electron chi connectivity index (χ0n) is 8.83. The number of anilines is 1. The maximum atomic E-state index is 11.3. The first-order chi connectivity index (χ1) is 7.20. The molecule has 0 bridgehead atoms. The highest BCUT2D eigenvalue weighted by Gasteiger charge is 2.24. The van der Waals surface area contributed by atoms with Gasteiger partial charge in [0.25, 0.3) is 0 Å². The van der Waals surface area contributed by atoms with Gasteiger partial charge in [-0.2, -0.15) is 0 Å². The van der Waals surface area contributed by atoms with Crippen molar-refractivity contribution in [2.24, 2.45) is 0 Å². The summed E-state index contributed by atoms with van der Waals surface area (Å²) in [4.78, 5) is 11.3. The maximum Gasteiger partial charge on any atom is 0.328 e. The molecule has 0 aliphatic carbocycles. The van der Waals surface area contributed by atoms with Crippen LogP contribution in [0.1, 0.15) is 12.0 Å². The lowest BCUT2D eigenvalue weighted by molar-refractivity contribution is -0.141. The molecule has 0 spiro atoms. The highest BCUT2D eigenvalue weighted by molar-refractivity contribution is 9.10. The van der Waals surface area contributed by atoms with E-state index in [9.17, 15) is 4.79 Å². The van der Waals surface area contributed by atoms with Gasteiger partial charge in [-0.15, -0.1) is 12.4 Å². The zero-order valence-corrected chi connectivity index (χ0v) is 11.2. The van der Waals surface area contributed by atoms with Crippen LogP contribution in [0.25, 0.3) is 0 Å². The van der Waals surface area contributed by atoms with Gasteiger partial charge in [0.05, 0.1) is 7.11 Å². The Hall–Kier alpha value is -0.740. The number of hydrogen-bond donors (Lipinski definition) is 1. The standard InChI is InChI=1S/C11H12BrNO2.ClH/c1-15-11(14)10-4-2-7-6-8(12)3-5-9(7)13-10;/h3,5-6,10,13H,2,4H2,1H3;1H. The summed E-state index contributed by atoms with van der Waals surface area (Å²) >= 11 is 3.43. The average molecular weight is 307 g/mol. The number of methoxy groups -OCH3 is 1. The SMILES string of the molecule is COC(=O)C1CCc2cc(Br)ccc2N1.Cl. The number of aryl methyl sites for hydroxylation is 1. The molecule has 1 aliphatic rings. The topological polar surface area (TPSA) is 38.3 Å². The van der Waals surface area contributed by atoms with E-state index >= 15 is 0 Å². The molecular weight excluding hydrogens is 293 g/mol. The fourth-order valence-electron chi connectivity index (χ4n) is 1.79. The summed E-state index contributed by atoms with van der Waals surface area (Å²) < 4.78 is 5.79. The van der Waals surface area contributed by atoms with Crippen LogP contribution in [0.15, 0.2) is 22.7 Å². The number of carbonyl (C=O) groups excluding carboxylic acids is 1. The first-order valence-electron chi connectivity index (χ1n) is 4.83. The summed E-state index contributed by atoms with van der Waals surface area (Å²) in [5.41, 5.74) is 2.27. The van der Waals surface area contributed by atoms with Crippen molar-refractivity contribution in [3.63, 3.8) is 0 Å². The monoisotopic (exact) mass is 305 g/mol. The normalized spacial score (nSPS) is 17.8. The lowest BCUT2D eigenvalue weighted by Gasteiger charge is -2.25. The molecule has 3 nitrogen and oxygen atoms in total. The smallest absolute Gasteiger partial charge is 0.328 e. The van der Waals surface area contributed by atoms with Crippen molar-refractivity contribution in [3.8, 4) is 0 Å². The van der Waals surface area contributed by atoms with Crippen molar-refractivity contribution in [3.05, 3.63) is 28.2 Å². The van der Waals surface area contributed by atoms with E-state index in [4.69, 9.17) is 4.74 Å². The molecule has 1 atom stereocenters. The molecule has 16 heavy (non-hydrogen) atoms. The second-order valence-corrected chi connectivity index (χ2v) is 4.48. The average Bonchev–Trinajstić information content (AvgIpc) is 2.27. The number of rotatable bonds is 1. The lowest BCUT2D eigenvalue weighted by Crippen LogP contribution is -2.34. The zero-order chi connectivity index (χ0) is 10.8. The molecule has 5 heteroatoms. The number of hydrogen-bond acceptors (Lipinski definition) is 3. The van der Waals surface area contributed by atoms with E-state index in [1.54, 1.807) is 0 Å². The number of fused-ring (bicyclic) bond motifs is 1. The van der Waals surface area contributed by atoms with Crippen molar-refractivity contribution in [2.75, 3.05) is 12.4 Å². The van der Waals surface area contributed by atoms with Crippen LogP contribution < -0.4 is 5.32 Å². The minimum Gasteiger partial charge on any atom is -0.467 e. The predicted octanol–water partition coefficient (Wildman–Crippen LogP) is 2.77. The van der Waals surface area contributed by atoms with Gasteiger partial charge in [-0.1, -0.05) is 15.9 Å². The van der Waals surface area contributed by atoms with Crippen molar-refractivity contribution < 1.29 is 9.53 Å². The summed E-state index contributed by atoms with van der Waals surface area (Å²) in [6.45, 7) is 0. The number of nitrogens with one attached hydrogen (secondary N) is 1. The molecule has 1 aliphatic heterocycles. The summed E-state index contributed by atoms with van der Waals surface area (Å²) in [6.07, 6.45) is 1.69. The van der Waals surface area contributed by atoms with Crippen molar-refractivity contribution in [2.45, 2.75) is 18.9 Å². The lowest BCUT2D eigenvalue weighted by atomic mass is 9.98. The van der Waals surface area contributed by atoms with E-state index in [-0.39, 0.29) is 24.4 Å². The fourth-order valence-corrected chi connectivity index (χ4v) is 2.20. The molecule has 0 aromatic heterocycles. The number of carbonyl (C=O) groups is 1. The van der Waals surface area contributed by atoms with Crippen molar-refractivity contribution in [1.82, 2.24) is 0 Å². The third-order valence-electron chi connectivity index (χ3n) is 2.59. The number of benzene rings is 1. The second kappa shape index (κ2) is 5.55. The molecule has 1 heterocycles. The van der Waals surface area contributed by atoms with E-state index in [1.807, 2.05) is 12.1 Å². The van der Waals surface area contributed by atoms with Crippen LogP contribution >= 0.6 is 28.3 Å². The molecule has 0 amide bonds. The predicted molar refractivity (Wildman–Crippen MR) is 69.1 cm³/mol. The summed E-state index contributed by atoms with van der Waals surface area (Å²) in [7, 11) is 1.42. The van der Waals surface area contributed by atoms with Gasteiger partial charge in [-0.05, 0) is 36.6 Å². The Kier molecular flexibility index (Phi) is 4.62. The van der Waals surface area contributed by atoms with Crippen LogP contribution in [0, 0.1) is 0 Å². The quantitative estimate of drug-likeness (QED) is 0.811. The van der Waals surface area contributed by atoms with E-state index in [0.717, 1.165) is 23.0 Å². The number of ether oxygens (including phenoxy) is 1. The van der Waals surface area contributed by atoms with Crippen LogP contribution in [0.2, 0.25) is 0 Å². The van der Waals surface area contributed by atoms with E-state index in [2.05, 4.69) is 27.3 Å². The molecule has 1 unspecified atom stereocenters. The van der Waals surface area contributed by atoms with Crippen LogP contribution in [-0.4, -0.2) is 19.1 Å². The Morgan fingerprint density at radius 2 is 2.31 bits per heavy atom. The third kappa shape index (κ3) is 2.68. The fraction of sp³-hybridized carbons (Fsp3) is 0.364. The Morgan fingerprint density at radius 1 is 1.56 bits per heavy atom. The van der Waals surface area contributed by atoms with Gasteiger partial charge in [0.2, 0.25) is 0 Å². The van der Waals surface area contributed by atoms with Gasteiger partial charge in [-0.3, -0.25) is 0 Å². The Morgan fingerprint density at radius 3 is 3.00 bits per heavy atom. The van der Waals surface area contributed by atoms with Crippen LogP contribution in [0.5, 0.6) is 0 Å². The second-order valence-electron chi connectivity index (χ2n) is 3.56. The Balaban J connectivity index is 0.00000128. The van der Waals surface area contributed by atoms with Crippen LogP contribution in [0.4, 0.5) is 5.69 Å². The summed E-state index contributed by atoms with van der Waals surface area (Å²) in [5.74, 6) is -0.191. The molecule has 1 aromatic carbocycles. The molecule has 1 aromatic rings. The molecule has 0 fully saturated rings. The van der Waals surface area contributed by atoms with Crippen molar-refractivity contribution in [1.29, 1.82) is 0 Å². The van der Waals surface area contributed by atoms with E-state index in [0.29, 0.717) is 0 Å². The van der Waals surface area contributed by atoms with E-state index < -0.39 is 0 Å². The van der Waals surface area contributed by atoms with Crippen LogP contribution in [-0.2, 0) is 16.0 Å². The van der Waals surface area contributed by atoms with Crippen LogP contribution in [0.3, 0.4) is 0 Å². The number of esters is 1. The summed E-state index contributed by atoms with van der Waals surface area (Å²) in [6, 6.07) is 5.82. The van der Waals surface area contributed by atoms with Gasteiger partial charge in [0.1, 0.15) is 6.04 Å².